The van der Waals surface area contributed by atoms with E-state index < -0.39 is 0 Å². The van der Waals surface area contributed by atoms with Crippen LogP contribution in [0.1, 0.15) is 33.7 Å². The molecule has 0 fully saturated rings. The molecule has 0 spiro atoms. The van der Waals surface area contributed by atoms with Gasteiger partial charge in [0.2, 0.25) is 6.79 Å². The Kier molecular flexibility index (Phi) is 4.08. The zero-order valence-corrected chi connectivity index (χ0v) is 13.5. The van der Waals surface area contributed by atoms with Gasteiger partial charge in [-0.2, -0.15) is 0 Å². The molecule has 0 amide bonds. The maximum atomic E-state index is 6.09. The summed E-state index contributed by atoms with van der Waals surface area (Å²) in [6.07, 6.45) is 0.915. The maximum absolute atomic E-state index is 6.09. The molecule has 1 unspecified atom stereocenters. The molecule has 1 aliphatic heterocycles. The van der Waals surface area contributed by atoms with Crippen molar-refractivity contribution in [1.82, 2.24) is 0 Å². The van der Waals surface area contributed by atoms with E-state index in [1.807, 2.05) is 6.07 Å². The number of nitrogens with two attached hydrogens (primary N) is 1. The second-order valence-electron chi connectivity index (χ2n) is 6.14. The third-order valence-corrected chi connectivity index (χ3v) is 4.35. The fourth-order valence-corrected chi connectivity index (χ4v) is 3.49. The molecule has 1 aliphatic rings. The molecule has 1 heterocycles. The second kappa shape index (κ2) is 6.01. The summed E-state index contributed by atoms with van der Waals surface area (Å²) >= 11 is 0. The van der Waals surface area contributed by atoms with Crippen molar-refractivity contribution in [1.29, 1.82) is 0 Å². The number of rotatable bonds is 4. The van der Waals surface area contributed by atoms with Gasteiger partial charge in [-0.15, -0.1) is 0 Å². The van der Waals surface area contributed by atoms with Gasteiger partial charge in [0.1, 0.15) is 0 Å². The Balaban J connectivity index is 1.89. The van der Waals surface area contributed by atoms with Crippen LogP contribution in [0.2, 0.25) is 0 Å². The Morgan fingerprint density at radius 3 is 2.36 bits per heavy atom. The average molecular weight is 297 g/mol. The molecule has 116 valence electrons. The molecular weight excluding hydrogens is 274 g/mol. The van der Waals surface area contributed by atoms with E-state index in [0.717, 1.165) is 17.9 Å². The van der Waals surface area contributed by atoms with Crippen LogP contribution in [0.5, 0.6) is 11.5 Å². The zero-order chi connectivity index (χ0) is 15.7. The minimum absolute atomic E-state index is 0.315. The molecule has 2 aromatic carbocycles. The first kappa shape index (κ1) is 14.9. The molecule has 3 rings (SSSR count). The van der Waals surface area contributed by atoms with Crippen molar-refractivity contribution in [3.8, 4) is 11.5 Å². The van der Waals surface area contributed by atoms with Gasteiger partial charge in [-0.05, 0) is 68.1 Å². The summed E-state index contributed by atoms with van der Waals surface area (Å²) in [5, 5.41) is 0. The molecule has 0 radical (unpaired) electrons. The van der Waals surface area contributed by atoms with Crippen LogP contribution >= 0.6 is 0 Å². The molecule has 0 aliphatic carbocycles. The highest BCUT2D eigenvalue weighted by molar-refractivity contribution is 5.46. The Bertz CT molecular complexity index is 671. The van der Waals surface area contributed by atoms with Crippen molar-refractivity contribution in [2.45, 2.75) is 33.1 Å². The summed E-state index contributed by atoms with van der Waals surface area (Å²) in [6, 6.07) is 10.6. The molecule has 3 nitrogen and oxygen atoms in total. The maximum Gasteiger partial charge on any atom is 0.231 e. The van der Waals surface area contributed by atoms with Gasteiger partial charge in [-0.3, -0.25) is 0 Å². The lowest BCUT2D eigenvalue weighted by molar-refractivity contribution is 0.174. The largest absolute Gasteiger partial charge is 0.454 e. The van der Waals surface area contributed by atoms with Gasteiger partial charge >= 0.3 is 0 Å². The summed E-state index contributed by atoms with van der Waals surface area (Å²) in [5.74, 6) is 1.99. The van der Waals surface area contributed by atoms with Crippen LogP contribution in [0.15, 0.2) is 30.3 Å². The molecule has 2 N–H and O–H groups in total. The van der Waals surface area contributed by atoms with Gasteiger partial charge in [0.15, 0.2) is 11.5 Å². The molecule has 0 saturated heterocycles. The van der Waals surface area contributed by atoms with E-state index in [4.69, 9.17) is 15.2 Å². The normalized spacial score (nSPS) is 14.2. The number of benzene rings is 2. The number of ether oxygens (including phenoxy) is 2. The van der Waals surface area contributed by atoms with Crippen molar-refractivity contribution >= 4 is 0 Å². The predicted molar refractivity (Wildman–Crippen MR) is 88.7 cm³/mol. The quantitative estimate of drug-likeness (QED) is 0.937. The van der Waals surface area contributed by atoms with Crippen LogP contribution in [0.3, 0.4) is 0 Å². The molecule has 2 aromatic rings. The van der Waals surface area contributed by atoms with Crippen molar-refractivity contribution in [3.05, 3.63) is 58.1 Å². The second-order valence-corrected chi connectivity index (χ2v) is 6.14. The van der Waals surface area contributed by atoms with E-state index in [1.54, 1.807) is 0 Å². The third-order valence-electron chi connectivity index (χ3n) is 4.35. The molecule has 3 heteroatoms. The Morgan fingerprint density at radius 1 is 1.00 bits per heavy atom. The lowest BCUT2D eigenvalue weighted by Crippen LogP contribution is -2.17. The Morgan fingerprint density at radius 2 is 1.68 bits per heavy atom. The average Bonchev–Trinajstić information content (AvgIpc) is 2.92. The Hall–Kier alpha value is -2.00. The minimum Gasteiger partial charge on any atom is -0.454 e. The van der Waals surface area contributed by atoms with E-state index >= 15 is 0 Å². The van der Waals surface area contributed by atoms with E-state index in [1.165, 1.54) is 27.8 Å². The van der Waals surface area contributed by atoms with Crippen molar-refractivity contribution in [3.63, 3.8) is 0 Å². The zero-order valence-electron chi connectivity index (χ0n) is 13.5. The van der Waals surface area contributed by atoms with Crippen LogP contribution in [0.25, 0.3) is 0 Å². The van der Waals surface area contributed by atoms with Crippen LogP contribution < -0.4 is 15.2 Å². The highest BCUT2D eigenvalue weighted by Crippen LogP contribution is 2.34. The molecular formula is C19H23NO2. The van der Waals surface area contributed by atoms with E-state index in [2.05, 4.69) is 45.0 Å². The van der Waals surface area contributed by atoms with Gasteiger partial charge in [-0.1, -0.05) is 23.8 Å². The Labute approximate surface area is 132 Å². The summed E-state index contributed by atoms with van der Waals surface area (Å²) in [4.78, 5) is 0. The van der Waals surface area contributed by atoms with E-state index in [9.17, 15) is 0 Å². The topological polar surface area (TPSA) is 44.5 Å². The van der Waals surface area contributed by atoms with Crippen LogP contribution in [0, 0.1) is 20.8 Å². The van der Waals surface area contributed by atoms with E-state index in [0.29, 0.717) is 19.3 Å². The van der Waals surface area contributed by atoms with Crippen LogP contribution in [-0.2, 0) is 6.42 Å². The number of fused-ring (bicyclic) bond motifs is 1. The van der Waals surface area contributed by atoms with Crippen LogP contribution in [0.4, 0.5) is 0 Å². The minimum atomic E-state index is 0.315. The van der Waals surface area contributed by atoms with Gasteiger partial charge in [0.05, 0.1) is 0 Å². The van der Waals surface area contributed by atoms with Crippen molar-refractivity contribution in [2.24, 2.45) is 5.73 Å². The number of aryl methyl sites for hydroxylation is 3. The summed E-state index contributed by atoms with van der Waals surface area (Å²) in [7, 11) is 0. The lowest BCUT2D eigenvalue weighted by Gasteiger charge is -2.21. The van der Waals surface area contributed by atoms with E-state index in [-0.39, 0.29) is 0 Å². The van der Waals surface area contributed by atoms with Gasteiger partial charge in [0.25, 0.3) is 0 Å². The highest BCUT2D eigenvalue weighted by Gasteiger charge is 2.18. The summed E-state index contributed by atoms with van der Waals surface area (Å²) < 4.78 is 10.8. The van der Waals surface area contributed by atoms with Gasteiger partial charge in [0, 0.05) is 5.92 Å². The fraction of sp³-hybridized carbons (Fsp3) is 0.368. The molecule has 0 aromatic heterocycles. The fourth-order valence-electron chi connectivity index (χ4n) is 3.49. The van der Waals surface area contributed by atoms with Gasteiger partial charge in [-0.25, -0.2) is 0 Å². The SMILES string of the molecule is Cc1cc(C)c(C(CN)Cc2ccc3c(c2)OCO3)c(C)c1. The first-order valence-corrected chi connectivity index (χ1v) is 7.75. The lowest BCUT2D eigenvalue weighted by atomic mass is 9.85. The highest BCUT2D eigenvalue weighted by atomic mass is 16.7. The molecule has 22 heavy (non-hydrogen) atoms. The third kappa shape index (κ3) is 2.81. The number of hydrogen-bond donors (Lipinski definition) is 1. The summed E-state index contributed by atoms with van der Waals surface area (Å²) in [5.41, 5.74) is 12.7. The monoisotopic (exact) mass is 297 g/mol. The van der Waals surface area contributed by atoms with Crippen LogP contribution in [-0.4, -0.2) is 13.3 Å². The van der Waals surface area contributed by atoms with Gasteiger partial charge < -0.3 is 15.2 Å². The summed E-state index contributed by atoms with van der Waals surface area (Å²) in [6.45, 7) is 7.45. The standard InChI is InChI=1S/C19H23NO2/c1-12-6-13(2)19(14(3)7-12)16(10-20)8-15-4-5-17-18(9-15)22-11-21-17/h4-7,9,16H,8,10-11,20H2,1-3H3. The number of hydrogen-bond acceptors (Lipinski definition) is 3. The smallest absolute Gasteiger partial charge is 0.231 e. The molecule has 0 saturated carbocycles. The molecule has 0 bridgehead atoms. The first-order valence-electron chi connectivity index (χ1n) is 7.75. The van der Waals surface area contributed by atoms with Crippen molar-refractivity contribution < 1.29 is 9.47 Å². The predicted octanol–water partition coefficient (Wildman–Crippen LogP) is 3.63. The molecule has 1 atom stereocenters. The van der Waals surface area contributed by atoms with Crippen molar-refractivity contribution in [2.75, 3.05) is 13.3 Å². The first-order chi connectivity index (χ1) is 10.6.